The van der Waals surface area contributed by atoms with Gasteiger partial charge in [0, 0.05) is 24.2 Å². The van der Waals surface area contributed by atoms with Crippen LogP contribution in [0.1, 0.15) is 34.3 Å². The number of anilines is 1. The molecule has 6 rings (SSSR count). The van der Waals surface area contributed by atoms with Crippen LogP contribution in [0.15, 0.2) is 66.7 Å². The number of nitrogens with zero attached hydrogens (tertiary/aromatic N) is 5. The number of nitrogens with two attached hydrogens (primary N) is 1. The van der Waals surface area contributed by atoms with Gasteiger partial charge in [-0.15, -0.1) is 5.10 Å². The monoisotopic (exact) mass is 510 g/mol. The van der Waals surface area contributed by atoms with Crippen molar-refractivity contribution in [3.05, 3.63) is 83.4 Å². The molecule has 1 aliphatic heterocycles. The van der Waals surface area contributed by atoms with E-state index in [0.29, 0.717) is 36.5 Å². The van der Waals surface area contributed by atoms with Gasteiger partial charge in [-0.05, 0) is 54.8 Å². The molecule has 3 N–H and O–H groups in total. The molecule has 0 radical (unpaired) electrons. The van der Waals surface area contributed by atoms with Crippen LogP contribution in [0.25, 0.3) is 16.9 Å². The largest absolute Gasteiger partial charge is 0.481 e. The molecule has 192 valence electrons. The summed E-state index contributed by atoms with van der Waals surface area (Å²) in [6, 6.07) is 22.5. The molecule has 2 aromatic carbocycles. The summed E-state index contributed by atoms with van der Waals surface area (Å²) in [6.07, 6.45) is 1.81. The number of pyridine rings is 1. The predicted octanol–water partition coefficient (Wildman–Crippen LogP) is 3.37. The van der Waals surface area contributed by atoms with Gasteiger partial charge in [0.25, 0.3) is 5.91 Å². The zero-order chi connectivity index (χ0) is 26.6. The van der Waals surface area contributed by atoms with Crippen LogP contribution in [-0.4, -0.2) is 55.7 Å². The van der Waals surface area contributed by atoms with Gasteiger partial charge in [-0.25, -0.2) is 4.52 Å². The number of rotatable bonds is 6. The van der Waals surface area contributed by atoms with Crippen molar-refractivity contribution in [1.29, 1.82) is 5.26 Å². The van der Waals surface area contributed by atoms with Crippen molar-refractivity contribution >= 4 is 23.5 Å². The van der Waals surface area contributed by atoms with E-state index in [2.05, 4.69) is 16.2 Å². The number of amides is 1. The Morgan fingerprint density at radius 2 is 1.76 bits per heavy atom. The highest BCUT2D eigenvalue weighted by Crippen LogP contribution is 2.28. The number of carboxylic acid groups (broad SMARTS) is 1. The lowest BCUT2D eigenvalue weighted by Gasteiger charge is -2.39. The number of hydrogen-bond acceptors (Lipinski definition) is 7. The van der Waals surface area contributed by atoms with Crippen LogP contribution in [0.5, 0.6) is 0 Å². The molecule has 10 heteroatoms. The maximum Gasteiger partial charge on any atom is 0.306 e. The Labute approximate surface area is 218 Å². The van der Waals surface area contributed by atoms with Crippen LogP contribution in [0.3, 0.4) is 0 Å². The fraction of sp³-hybridized carbons (Fsp3) is 0.250. The first-order chi connectivity index (χ1) is 18.4. The molecule has 2 aliphatic rings. The van der Waals surface area contributed by atoms with Crippen LogP contribution in [0.4, 0.5) is 5.95 Å². The number of aliphatic carboxylic acids is 1. The summed E-state index contributed by atoms with van der Waals surface area (Å²) in [7, 11) is 0. The number of hydrogen-bond donors (Lipinski definition) is 2. The van der Waals surface area contributed by atoms with Crippen molar-refractivity contribution in [2.24, 2.45) is 5.92 Å². The highest BCUT2D eigenvalue weighted by atomic mass is 16.5. The first-order valence-electron chi connectivity index (χ1n) is 12.3. The number of carbonyl (C=O) groups excluding carboxylic acids is 1. The average molecular weight is 511 g/mol. The van der Waals surface area contributed by atoms with Gasteiger partial charge in [-0.2, -0.15) is 10.2 Å². The van der Waals surface area contributed by atoms with Gasteiger partial charge in [0.15, 0.2) is 5.65 Å². The van der Waals surface area contributed by atoms with Crippen molar-refractivity contribution in [2.45, 2.75) is 25.6 Å². The highest BCUT2D eigenvalue weighted by molar-refractivity contribution is 5.95. The topological polar surface area (TPSA) is 147 Å². The van der Waals surface area contributed by atoms with E-state index >= 15 is 0 Å². The van der Waals surface area contributed by atoms with Crippen LogP contribution >= 0.6 is 0 Å². The molecule has 0 unspecified atom stereocenters. The van der Waals surface area contributed by atoms with Crippen molar-refractivity contribution in [3.63, 3.8) is 0 Å². The Hall–Kier alpha value is -4.75. The molecule has 38 heavy (non-hydrogen) atoms. The molecule has 0 spiro atoms. The molecule has 1 aliphatic carbocycles. The Kier molecular flexibility index (Phi) is 7.02. The van der Waals surface area contributed by atoms with E-state index in [-0.39, 0.29) is 23.9 Å². The summed E-state index contributed by atoms with van der Waals surface area (Å²) in [5, 5.41) is 21.1. The third-order valence-corrected chi connectivity index (χ3v) is 6.43. The van der Waals surface area contributed by atoms with Crippen molar-refractivity contribution in [2.75, 3.05) is 18.8 Å². The SMILES string of the molecule is N#Cc1ccc(COC2CN(C(=O)c3ccc(-c4cccc5nc(N)nn45)cc3)C2)cc1.O=C(O)C1CC1. The molecular weight excluding hydrogens is 484 g/mol. The fourth-order valence-corrected chi connectivity index (χ4v) is 4.04. The number of carboxylic acids is 1. The normalized spacial score (nSPS) is 14.8. The molecule has 10 nitrogen and oxygen atoms in total. The predicted molar refractivity (Wildman–Crippen MR) is 139 cm³/mol. The second kappa shape index (κ2) is 10.7. The third-order valence-electron chi connectivity index (χ3n) is 6.43. The number of likely N-dealkylation sites (tertiary alicyclic amines) is 1. The molecule has 0 bridgehead atoms. The summed E-state index contributed by atoms with van der Waals surface area (Å²) >= 11 is 0. The van der Waals surface area contributed by atoms with Crippen LogP contribution in [-0.2, 0) is 16.1 Å². The smallest absolute Gasteiger partial charge is 0.306 e. The van der Waals surface area contributed by atoms with Gasteiger partial charge < -0.3 is 20.5 Å². The number of nitrogen functional groups attached to an aromatic ring is 1. The van der Waals surface area contributed by atoms with E-state index in [0.717, 1.165) is 29.7 Å². The van der Waals surface area contributed by atoms with Crippen molar-refractivity contribution < 1.29 is 19.4 Å². The Morgan fingerprint density at radius 3 is 2.37 bits per heavy atom. The average Bonchev–Trinajstić information content (AvgIpc) is 3.69. The van der Waals surface area contributed by atoms with Gasteiger partial charge in [0.05, 0.1) is 36.0 Å². The number of aromatic nitrogens is 3. The number of ether oxygens (including phenoxy) is 1. The zero-order valence-corrected chi connectivity index (χ0v) is 20.5. The highest BCUT2D eigenvalue weighted by Gasteiger charge is 2.32. The molecule has 3 heterocycles. The molecule has 1 amide bonds. The van der Waals surface area contributed by atoms with E-state index in [1.807, 2.05) is 54.6 Å². The van der Waals surface area contributed by atoms with E-state index in [1.54, 1.807) is 21.5 Å². The quantitative estimate of drug-likeness (QED) is 0.401. The zero-order valence-electron chi connectivity index (χ0n) is 20.5. The van der Waals surface area contributed by atoms with E-state index in [4.69, 9.17) is 20.8 Å². The van der Waals surface area contributed by atoms with Gasteiger partial charge in [0.2, 0.25) is 5.95 Å². The van der Waals surface area contributed by atoms with Gasteiger partial charge in [-0.1, -0.05) is 30.3 Å². The minimum absolute atomic E-state index is 0.0158. The lowest BCUT2D eigenvalue weighted by Crippen LogP contribution is -2.54. The Bertz CT molecular complexity index is 1500. The number of benzene rings is 2. The van der Waals surface area contributed by atoms with Gasteiger partial charge >= 0.3 is 5.97 Å². The summed E-state index contributed by atoms with van der Waals surface area (Å²) < 4.78 is 7.56. The van der Waals surface area contributed by atoms with E-state index < -0.39 is 5.97 Å². The van der Waals surface area contributed by atoms with Crippen molar-refractivity contribution in [3.8, 4) is 17.3 Å². The third kappa shape index (κ3) is 5.63. The van der Waals surface area contributed by atoms with Crippen molar-refractivity contribution in [1.82, 2.24) is 19.5 Å². The minimum Gasteiger partial charge on any atom is -0.481 e. The molecule has 0 atom stereocenters. The number of nitriles is 1. The summed E-state index contributed by atoms with van der Waals surface area (Å²) in [6.45, 7) is 1.59. The Morgan fingerprint density at radius 1 is 1.05 bits per heavy atom. The number of carbonyl (C=O) groups is 2. The molecular formula is C28H26N6O4. The Balaban J connectivity index is 0.000000433. The number of fused-ring (bicyclic) bond motifs is 1. The standard InChI is InChI=1S/C24H20N6O2.C4H6O2/c25-12-16-4-6-17(7-5-16)15-32-20-13-29(14-20)23(31)19-10-8-18(9-11-19)21-2-1-3-22-27-24(26)28-30(21)22;5-4(6)3-1-2-3/h1-11,20H,13-15H2,(H2,26,28);3H,1-2H2,(H,5,6). The van der Waals surface area contributed by atoms with Gasteiger partial charge in [0.1, 0.15) is 0 Å². The lowest BCUT2D eigenvalue weighted by atomic mass is 10.1. The van der Waals surface area contributed by atoms with E-state index in [9.17, 15) is 9.59 Å². The summed E-state index contributed by atoms with van der Waals surface area (Å²) in [4.78, 5) is 28.5. The fourth-order valence-electron chi connectivity index (χ4n) is 4.04. The molecule has 2 fully saturated rings. The molecule has 2 aromatic heterocycles. The van der Waals surface area contributed by atoms with Crippen LogP contribution in [0.2, 0.25) is 0 Å². The second-order valence-electron chi connectivity index (χ2n) is 9.29. The first-order valence-corrected chi connectivity index (χ1v) is 12.3. The molecule has 1 saturated heterocycles. The summed E-state index contributed by atoms with van der Waals surface area (Å²) in [5.74, 6) is -0.407. The maximum absolute atomic E-state index is 12.8. The van der Waals surface area contributed by atoms with Crippen LogP contribution in [0, 0.1) is 17.2 Å². The molecule has 1 saturated carbocycles. The van der Waals surface area contributed by atoms with Crippen LogP contribution < -0.4 is 5.73 Å². The van der Waals surface area contributed by atoms with Gasteiger partial charge in [-0.3, -0.25) is 9.59 Å². The minimum atomic E-state index is -0.630. The second-order valence-corrected chi connectivity index (χ2v) is 9.29. The summed E-state index contributed by atoms with van der Waals surface area (Å²) in [5.41, 5.74) is 10.4. The maximum atomic E-state index is 12.8. The molecule has 4 aromatic rings. The van der Waals surface area contributed by atoms with E-state index in [1.165, 1.54) is 0 Å². The lowest BCUT2D eigenvalue weighted by molar-refractivity contribution is -0.138. The first kappa shape index (κ1) is 24.9.